The maximum absolute atomic E-state index is 4.41. The molecule has 0 aliphatic carbocycles. The number of nitrogens with one attached hydrogen (secondary N) is 1. The van der Waals surface area contributed by atoms with Crippen molar-refractivity contribution in [2.24, 2.45) is 7.05 Å². The van der Waals surface area contributed by atoms with Crippen LogP contribution in [0.4, 0.5) is 5.95 Å². The van der Waals surface area contributed by atoms with Gasteiger partial charge in [-0.25, -0.2) is 4.98 Å². The van der Waals surface area contributed by atoms with E-state index in [0.29, 0.717) is 0 Å². The van der Waals surface area contributed by atoms with Crippen LogP contribution in [0.15, 0.2) is 10.8 Å². The van der Waals surface area contributed by atoms with Crippen LogP contribution >= 0.6 is 15.9 Å². The van der Waals surface area contributed by atoms with E-state index < -0.39 is 0 Å². The summed E-state index contributed by atoms with van der Waals surface area (Å²) >= 11 is 3.38. The number of rotatable bonds is 1. The van der Waals surface area contributed by atoms with E-state index in [-0.39, 0.29) is 0 Å². The highest BCUT2D eigenvalue weighted by Crippen LogP contribution is 2.16. The molecule has 2 heterocycles. The lowest BCUT2D eigenvalue weighted by Gasteiger charge is -2.28. The van der Waals surface area contributed by atoms with Gasteiger partial charge in [0.15, 0.2) is 0 Å². The van der Waals surface area contributed by atoms with Crippen molar-refractivity contribution in [2.75, 3.05) is 31.1 Å². The van der Waals surface area contributed by atoms with Crippen LogP contribution in [0.3, 0.4) is 0 Å². The van der Waals surface area contributed by atoms with E-state index in [9.17, 15) is 0 Å². The second kappa shape index (κ2) is 3.67. The summed E-state index contributed by atoms with van der Waals surface area (Å²) < 4.78 is 2.96. The Hall–Kier alpha value is -0.550. The molecule has 0 spiro atoms. The molecule has 0 bridgehead atoms. The molecule has 72 valence electrons. The minimum absolute atomic E-state index is 0.906. The summed E-state index contributed by atoms with van der Waals surface area (Å²) in [4.78, 5) is 6.70. The SMILES string of the molecule is Cn1cc(Br)nc1N1CCNCC1. The highest BCUT2D eigenvalue weighted by atomic mass is 79.9. The summed E-state index contributed by atoms with van der Waals surface area (Å²) in [6.45, 7) is 4.17. The number of halogens is 1. The summed E-state index contributed by atoms with van der Waals surface area (Å²) in [6, 6.07) is 0. The first kappa shape index (κ1) is 9.02. The number of aryl methyl sites for hydroxylation is 1. The van der Waals surface area contributed by atoms with Crippen molar-refractivity contribution in [1.82, 2.24) is 14.9 Å². The Bertz CT molecular complexity index is 290. The molecular weight excluding hydrogens is 232 g/mol. The number of nitrogens with zero attached hydrogens (tertiary/aromatic N) is 3. The van der Waals surface area contributed by atoms with Gasteiger partial charge in [-0.1, -0.05) is 0 Å². The van der Waals surface area contributed by atoms with E-state index in [1.165, 1.54) is 0 Å². The van der Waals surface area contributed by atoms with E-state index in [0.717, 1.165) is 36.7 Å². The summed E-state index contributed by atoms with van der Waals surface area (Å²) in [5, 5.41) is 3.32. The molecule has 1 aromatic rings. The zero-order valence-electron chi connectivity index (χ0n) is 7.63. The average Bonchev–Trinajstić information content (AvgIpc) is 2.47. The van der Waals surface area contributed by atoms with Gasteiger partial charge in [0.05, 0.1) is 0 Å². The lowest BCUT2D eigenvalue weighted by Crippen LogP contribution is -2.44. The summed E-state index contributed by atoms with van der Waals surface area (Å²) in [7, 11) is 2.02. The van der Waals surface area contributed by atoms with Crippen LogP contribution < -0.4 is 10.2 Å². The van der Waals surface area contributed by atoms with Crippen LogP contribution in [-0.4, -0.2) is 35.7 Å². The van der Waals surface area contributed by atoms with Gasteiger partial charge in [-0.2, -0.15) is 0 Å². The maximum Gasteiger partial charge on any atom is 0.206 e. The zero-order valence-corrected chi connectivity index (χ0v) is 9.21. The predicted molar refractivity (Wildman–Crippen MR) is 56.0 cm³/mol. The Morgan fingerprint density at radius 1 is 1.46 bits per heavy atom. The number of imidazole rings is 1. The summed E-state index contributed by atoms with van der Waals surface area (Å²) in [5.41, 5.74) is 0. The lowest BCUT2D eigenvalue weighted by molar-refractivity contribution is 0.574. The Labute approximate surface area is 86.1 Å². The molecule has 4 nitrogen and oxygen atoms in total. The van der Waals surface area contributed by atoms with Gasteiger partial charge in [0.2, 0.25) is 5.95 Å². The molecule has 1 aliphatic rings. The molecule has 0 aromatic carbocycles. The van der Waals surface area contributed by atoms with E-state index in [2.05, 4.69) is 35.7 Å². The molecule has 2 rings (SSSR count). The molecule has 0 unspecified atom stereocenters. The Morgan fingerprint density at radius 3 is 2.69 bits per heavy atom. The highest BCUT2D eigenvalue weighted by molar-refractivity contribution is 9.10. The Balaban J connectivity index is 2.18. The van der Waals surface area contributed by atoms with Crippen molar-refractivity contribution in [3.05, 3.63) is 10.8 Å². The van der Waals surface area contributed by atoms with Gasteiger partial charge in [-0.05, 0) is 15.9 Å². The maximum atomic E-state index is 4.41. The molecular formula is C8H13BrN4. The fourth-order valence-corrected chi connectivity index (χ4v) is 2.05. The van der Waals surface area contributed by atoms with Gasteiger partial charge in [-0.15, -0.1) is 0 Å². The summed E-state index contributed by atoms with van der Waals surface area (Å²) in [6.07, 6.45) is 1.98. The molecule has 0 atom stereocenters. The number of hydrogen-bond donors (Lipinski definition) is 1. The summed E-state index contributed by atoms with van der Waals surface area (Å²) in [5.74, 6) is 1.05. The topological polar surface area (TPSA) is 33.1 Å². The van der Waals surface area contributed by atoms with Crippen LogP contribution in [0, 0.1) is 0 Å². The third-order valence-corrected chi connectivity index (χ3v) is 2.60. The number of piperazine rings is 1. The van der Waals surface area contributed by atoms with Gasteiger partial charge in [0, 0.05) is 39.4 Å². The number of aromatic nitrogens is 2. The standard InChI is InChI=1S/C8H13BrN4/c1-12-6-7(9)11-8(12)13-4-2-10-3-5-13/h6,10H,2-5H2,1H3. The molecule has 1 N–H and O–H groups in total. The quantitative estimate of drug-likeness (QED) is 0.786. The fraction of sp³-hybridized carbons (Fsp3) is 0.625. The molecule has 1 saturated heterocycles. The van der Waals surface area contributed by atoms with E-state index >= 15 is 0 Å². The van der Waals surface area contributed by atoms with Crippen LogP contribution in [0.5, 0.6) is 0 Å². The minimum atomic E-state index is 0.906. The van der Waals surface area contributed by atoms with Crippen LogP contribution in [0.1, 0.15) is 0 Å². The van der Waals surface area contributed by atoms with Crippen molar-refractivity contribution >= 4 is 21.9 Å². The van der Waals surface area contributed by atoms with Crippen molar-refractivity contribution in [3.63, 3.8) is 0 Å². The smallest absolute Gasteiger partial charge is 0.206 e. The average molecular weight is 245 g/mol. The third-order valence-electron chi connectivity index (χ3n) is 2.22. The van der Waals surface area contributed by atoms with Gasteiger partial charge in [0.25, 0.3) is 0 Å². The van der Waals surface area contributed by atoms with Crippen molar-refractivity contribution in [2.45, 2.75) is 0 Å². The molecule has 0 amide bonds. The number of anilines is 1. The normalized spacial score (nSPS) is 17.8. The van der Waals surface area contributed by atoms with E-state index in [1.807, 2.05) is 13.2 Å². The van der Waals surface area contributed by atoms with Crippen molar-refractivity contribution in [1.29, 1.82) is 0 Å². The third kappa shape index (κ3) is 1.86. The highest BCUT2D eigenvalue weighted by Gasteiger charge is 2.14. The zero-order chi connectivity index (χ0) is 9.26. The van der Waals surface area contributed by atoms with Gasteiger partial charge in [-0.3, -0.25) is 0 Å². The fourth-order valence-electron chi connectivity index (χ4n) is 1.58. The molecule has 5 heteroatoms. The minimum Gasteiger partial charge on any atom is -0.340 e. The predicted octanol–water partition coefficient (Wildman–Crippen LogP) is 0.592. The monoisotopic (exact) mass is 244 g/mol. The van der Waals surface area contributed by atoms with Crippen LogP contribution in [0.25, 0.3) is 0 Å². The first-order chi connectivity index (χ1) is 6.27. The van der Waals surface area contributed by atoms with Crippen LogP contribution in [0.2, 0.25) is 0 Å². The van der Waals surface area contributed by atoms with E-state index in [4.69, 9.17) is 0 Å². The van der Waals surface area contributed by atoms with E-state index in [1.54, 1.807) is 0 Å². The van der Waals surface area contributed by atoms with Gasteiger partial charge >= 0.3 is 0 Å². The molecule has 13 heavy (non-hydrogen) atoms. The molecule has 1 fully saturated rings. The van der Waals surface area contributed by atoms with Gasteiger partial charge < -0.3 is 14.8 Å². The van der Waals surface area contributed by atoms with Gasteiger partial charge in [0.1, 0.15) is 4.60 Å². The molecule has 0 radical (unpaired) electrons. The second-order valence-corrected chi connectivity index (χ2v) is 4.02. The molecule has 0 saturated carbocycles. The Kier molecular flexibility index (Phi) is 2.55. The van der Waals surface area contributed by atoms with Crippen molar-refractivity contribution in [3.8, 4) is 0 Å². The lowest BCUT2D eigenvalue weighted by atomic mass is 10.4. The van der Waals surface area contributed by atoms with Crippen molar-refractivity contribution < 1.29 is 0 Å². The first-order valence-corrected chi connectivity index (χ1v) is 5.21. The second-order valence-electron chi connectivity index (χ2n) is 3.21. The first-order valence-electron chi connectivity index (χ1n) is 4.42. The Morgan fingerprint density at radius 2 is 2.15 bits per heavy atom. The molecule has 1 aliphatic heterocycles. The molecule has 1 aromatic heterocycles. The number of hydrogen-bond acceptors (Lipinski definition) is 3. The van der Waals surface area contributed by atoms with Crippen LogP contribution in [-0.2, 0) is 7.05 Å². The largest absolute Gasteiger partial charge is 0.340 e.